The van der Waals surface area contributed by atoms with Gasteiger partial charge in [0, 0.05) is 26.7 Å². The average Bonchev–Trinajstić information content (AvgIpc) is 2.85. The molecule has 3 rings (SSSR count). The molecule has 0 bridgehead atoms. The SMILES string of the molecule is CN(C)c1ncn(C)c2nc(-c3ccccc3)nc1-2. The van der Waals surface area contributed by atoms with E-state index in [2.05, 4.69) is 15.0 Å². The first kappa shape index (κ1) is 11.6. The van der Waals surface area contributed by atoms with Gasteiger partial charge >= 0.3 is 0 Å². The summed E-state index contributed by atoms with van der Waals surface area (Å²) in [5, 5.41) is 0. The summed E-state index contributed by atoms with van der Waals surface area (Å²) in [6.07, 6.45) is 1.76. The third-order valence-corrected chi connectivity index (χ3v) is 3.00. The predicted molar refractivity (Wildman–Crippen MR) is 75.2 cm³/mol. The highest BCUT2D eigenvalue weighted by Crippen LogP contribution is 2.29. The molecule has 0 saturated heterocycles. The average molecular weight is 253 g/mol. The summed E-state index contributed by atoms with van der Waals surface area (Å²) in [6.45, 7) is 0. The zero-order chi connectivity index (χ0) is 13.4. The Kier molecular flexibility index (Phi) is 2.67. The molecule has 5 nitrogen and oxygen atoms in total. The maximum Gasteiger partial charge on any atom is 0.165 e. The summed E-state index contributed by atoms with van der Waals surface area (Å²) in [5.41, 5.74) is 1.84. The Bertz CT molecular complexity index is 672. The van der Waals surface area contributed by atoms with Crippen molar-refractivity contribution in [3.05, 3.63) is 36.7 Å². The third kappa shape index (κ3) is 1.93. The second kappa shape index (κ2) is 4.35. The molecular formula is C14H15N5. The normalized spacial score (nSPS) is 10.9. The van der Waals surface area contributed by atoms with Gasteiger partial charge in [-0.1, -0.05) is 30.3 Å². The molecule has 2 aliphatic rings. The van der Waals surface area contributed by atoms with Crippen LogP contribution in [0.4, 0.5) is 5.82 Å². The topological polar surface area (TPSA) is 46.8 Å². The smallest absolute Gasteiger partial charge is 0.165 e. The summed E-state index contributed by atoms with van der Waals surface area (Å²) in [6, 6.07) is 9.98. The number of aromatic nitrogens is 4. The number of benzene rings is 1. The molecule has 0 aromatic heterocycles. The van der Waals surface area contributed by atoms with Gasteiger partial charge in [0.05, 0.1) is 6.33 Å². The Balaban J connectivity index is 2.22. The van der Waals surface area contributed by atoms with Crippen LogP contribution in [0.5, 0.6) is 0 Å². The molecule has 19 heavy (non-hydrogen) atoms. The molecule has 2 heterocycles. The lowest BCUT2D eigenvalue weighted by molar-refractivity contribution is 0.844. The van der Waals surface area contributed by atoms with E-state index >= 15 is 0 Å². The fourth-order valence-corrected chi connectivity index (χ4v) is 2.03. The Morgan fingerprint density at radius 2 is 1.79 bits per heavy atom. The monoisotopic (exact) mass is 253 g/mol. The van der Waals surface area contributed by atoms with Crippen LogP contribution in [0.3, 0.4) is 0 Å². The molecule has 0 unspecified atom stereocenters. The lowest BCUT2D eigenvalue weighted by Crippen LogP contribution is -2.14. The van der Waals surface area contributed by atoms with Gasteiger partial charge in [-0.25, -0.2) is 15.0 Å². The van der Waals surface area contributed by atoms with Gasteiger partial charge in [0.15, 0.2) is 23.2 Å². The van der Waals surface area contributed by atoms with Crippen molar-refractivity contribution in [3.63, 3.8) is 0 Å². The van der Waals surface area contributed by atoms with E-state index in [0.29, 0.717) is 0 Å². The van der Waals surface area contributed by atoms with E-state index in [1.54, 1.807) is 6.33 Å². The number of anilines is 1. The van der Waals surface area contributed by atoms with Crippen molar-refractivity contribution < 1.29 is 0 Å². The summed E-state index contributed by atoms with van der Waals surface area (Å²) in [7, 11) is 5.84. The number of hydrogen-bond acceptors (Lipinski definition) is 4. The van der Waals surface area contributed by atoms with Crippen molar-refractivity contribution in [2.75, 3.05) is 19.0 Å². The number of imidazole rings is 1. The molecule has 0 aliphatic carbocycles. The van der Waals surface area contributed by atoms with Crippen molar-refractivity contribution in [2.45, 2.75) is 0 Å². The Hall–Kier alpha value is -2.43. The first-order valence-corrected chi connectivity index (χ1v) is 6.08. The van der Waals surface area contributed by atoms with Crippen LogP contribution in [0.1, 0.15) is 0 Å². The molecule has 1 aromatic carbocycles. The molecular weight excluding hydrogens is 238 g/mol. The van der Waals surface area contributed by atoms with E-state index in [1.165, 1.54) is 0 Å². The second-order valence-corrected chi connectivity index (χ2v) is 4.66. The maximum atomic E-state index is 4.63. The zero-order valence-corrected chi connectivity index (χ0v) is 11.2. The van der Waals surface area contributed by atoms with Gasteiger partial charge in [-0.3, -0.25) is 0 Å². The van der Waals surface area contributed by atoms with Gasteiger partial charge in [-0.2, -0.15) is 0 Å². The van der Waals surface area contributed by atoms with E-state index in [-0.39, 0.29) is 0 Å². The molecule has 0 amide bonds. The minimum absolute atomic E-state index is 0.738. The Morgan fingerprint density at radius 1 is 1.05 bits per heavy atom. The van der Waals surface area contributed by atoms with Crippen LogP contribution in [0, 0.1) is 0 Å². The molecule has 0 N–H and O–H groups in total. The van der Waals surface area contributed by atoms with E-state index < -0.39 is 0 Å². The van der Waals surface area contributed by atoms with E-state index in [0.717, 1.165) is 28.7 Å². The van der Waals surface area contributed by atoms with Gasteiger partial charge in [-0.05, 0) is 0 Å². The molecule has 5 heteroatoms. The van der Waals surface area contributed by atoms with Gasteiger partial charge < -0.3 is 9.47 Å². The van der Waals surface area contributed by atoms with Crippen molar-refractivity contribution in [3.8, 4) is 22.9 Å². The third-order valence-electron chi connectivity index (χ3n) is 3.00. The zero-order valence-electron chi connectivity index (χ0n) is 11.2. The summed E-state index contributed by atoms with van der Waals surface area (Å²) in [4.78, 5) is 15.6. The number of rotatable bonds is 2. The van der Waals surface area contributed by atoms with Crippen LogP contribution in [0.15, 0.2) is 36.7 Å². The molecule has 0 saturated carbocycles. The molecule has 0 radical (unpaired) electrons. The highest BCUT2D eigenvalue weighted by molar-refractivity contribution is 5.72. The van der Waals surface area contributed by atoms with Crippen molar-refractivity contribution in [1.82, 2.24) is 19.5 Å². The fourth-order valence-electron chi connectivity index (χ4n) is 2.03. The van der Waals surface area contributed by atoms with E-state index in [1.807, 2.05) is 60.9 Å². The largest absolute Gasteiger partial charge is 0.361 e. The molecule has 0 atom stereocenters. The van der Waals surface area contributed by atoms with Gasteiger partial charge in [-0.15, -0.1) is 0 Å². The van der Waals surface area contributed by atoms with Crippen LogP contribution < -0.4 is 4.90 Å². The lowest BCUT2D eigenvalue weighted by atomic mass is 10.2. The standard InChI is InChI=1S/C14H15N5/c1-18(2)13-11-14(19(3)9-15-13)17-12(16-11)10-7-5-4-6-8-10/h4-9H,1-3H3. The quantitative estimate of drug-likeness (QED) is 0.701. The van der Waals surface area contributed by atoms with Gasteiger partial charge in [0.25, 0.3) is 0 Å². The molecule has 0 spiro atoms. The molecule has 96 valence electrons. The van der Waals surface area contributed by atoms with Crippen LogP contribution in [-0.4, -0.2) is 33.6 Å². The molecule has 0 fully saturated rings. The Morgan fingerprint density at radius 3 is 2.47 bits per heavy atom. The number of hydrogen-bond donors (Lipinski definition) is 0. The van der Waals surface area contributed by atoms with Crippen molar-refractivity contribution >= 4 is 5.82 Å². The molecule has 1 aromatic rings. The van der Waals surface area contributed by atoms with Crippen LogP contribution in [0.2, 0.25) is 0 Å². The van der Waals surface area contributed by atoms with Crippen molar-refractivity contribution in [2.24, 2.45) is 7.05 Å². The number of aryl methyl sites for hydroxylation is 1. The minimum Gasteiger partial charge on any atom is -0.361 e. The highest BCUT2D eigenvalue weighted by atomic mass is 15.2. The van der Waals surface area contributed by atoms with Crippen LogP contribution >= 0.6 is 0 Å². The first-order valence-electron chi connectivity index (χ1n) is 6.08. The van der Waals surface area contributed by atoms with Gasteiger partial charge in [0.1, 0.15) is 0 Å². The predicted octanol–water partition coefficient (Wildman–Crippen LogP) is 2.05. The van der Waals surface area contributed by atoms with Crippen LogP contribution in [0.25, 0.3) is 22.9 Å². The van der Waals surface area contributed by atoms with E-state index in [4.69, 9.17) is 0 Å². The molecule has 2 aliphatic heterocycles. The summed E-state index contributed by atoms with van der Waals surface area (Å²) >= 11 is 0. The second-order valence-electron chi connectivity index (χ2n) is 4.66. The highest BCUT2D eigenvalue weighted by Gasteiger charge is 2.20. The summed E-state index contributed by atoms with van der Waals surface area (Å²) < 4.78 is 1.89. The van der Waals surface area contributed by atoms with E-state index in [9.17, 15) is 0 Å². The minimum atomic E-state index is 0.738. The lowest BCUT2D eigenvalue weighted by Gasteiger charge is -2.14. The van der Waals surface area contributed by atoms with Gasteiger partial charge in [0.2, 0.25) is 0 Å². The van der Waals surface area contributed by atoms with Crippen molar-refractivity contribution in [1.29, 1.82) is 0 Å². The maximum absolute atomic E-state index is 4.63. The fraction of sp³-hybridized carbons (Fsp3) is 0.214. The number of nitrogens with zero attached hydrogens (tertiary/aromatic N) is 5. The Labute approximate surface area is 111 Å². The summed E-state index contributed by atoms with van der Waals surface area (Å²) in [5.74, 6) is 2.42. The van der Waals surface area contributed by atoms with Crippen LogP contribution in [-0.2, 0) is 7.05 Å². The first-order chi connectivity index (χ1) is 9.16. The number of fused-ring (bicyclic) bond motifs is 1.